The molecule has 2 amide bonds. The number of hydrazine groups is 1. The van der Waals surface area contributed by atoms with Gasteiger partial charge in [0.2, 0.25) is 10.0 Å². The van der Waals surface area contributed by atoms with Crippen LogP contribution in [0.1, 0.15) is 10.4 Å². The van der Waals surface area contributed by atoms with E-state index in [9.17, 15) is 18.0 Å². The first-order valence-electron chi connectivity index (χ1n) is 11.2. The topological polar surface area (TPSA) is 108 Å². The Morgan fingerprint density at radius 2 is 1.56 bits per heavy atom. The van der Waals surface area contributed by atoms with Gasteiger partial charge in [0.1, 0.15) is 5.75 Å². The SMILES string of the molecule is O=C(COc1ccccc1Cl)NNC(=O)c1cccc(S(=O)(=O)N2CCN(c3ccccc3)CC2)c1. The van der Waals surface area contributed by atoms with Crippen molar-refractivity contribution in [2.45, 2.75) is 4.90 Å². The summed E-state index contributed by atoms with van der Waals surface area (Å²) in [6.07, 6.45) is 0. The molecule has 1 aliphatic rings. The molecular formula is C25H25ClN4O5S. The monoisotopic (exact) mass is 528 g/mol. The first-order chi connectivity index (χ1) is 17.3. The van der Waals surface area contributed by atoms with E-state index in [1.54, 1.807) is 24.3 Å². The van der Waals surface area contributed by atoms with Crippen molar-refractivity contribution in [2.24, 2.45) is 0 Å². The van der Waals surface area contributed by atoms with E-state index in [1.165, 1.54) is 28.6 Å². The van der Waals surface area contributed by atoms with Crippen molar-refractivity contribution in [3.8, 4) is 5.75 Å². The lowest BCUT2D eigenvalue weighted by Gasteiger charge is -2.35. The minimum Gasteiger partial charge on any atom is -0.482 e. The maximum atomic E-state index is 13.2. The van der Waals surface area contributed by atoms with E-state index in [1.807, 2.05) is 30.3 Å². The van der Waals surface area contributed by atoms with E-state index >= 15 is 0 Å². The number of para-hydroxylation sites is 2. The van der Waals surface area contributed by atoms with Gasteiger partial charge in [-0.25, -0.2) is 8.42 Å². The van der Waals surface area contributed by atoms with Crippen LogP contribution in [0.25, 0.3) is 0 Å². The summed E-state index contributed by atoms with van der Waals surface area (Å²) in [5.74, 6) is -0.932. The molecule has 4 rings (SSSR count). The minimum absolute atomic E-state index is 0.0108. The third-order valence-electron chi connectivity index (χ3n) is 5.60. The number of rotatable bonds is 7. The highest BCUT2D eigenvalue weighted by molar-refractivity contribution is 7.89. The number of piperazine rings is 1. The van der Waals surface area contributed by atoms with Gasteiger partial charge in [-0.05, 0) is 42.5 Å². The van der Waals surface area contributed by atoms with Gasteiger partial charge in [-0.2, -0.15) is 4.31 Å². The van der Waals surface area contributed by atoms with Crippen molar-refractivity contribution >= 4 is 39.1 Å². The van der Waals surface area contributed by atoms with Gasteiger partial charge >= 0.3 is 0 Å². The molecule has 0 spiro atoms. The van der Waals surface area contributed by atoms with Crippen molar-refractivity contribution in [3.63, 3.8) is 0 Å². The maximum absolute atomic E-state index is 13.2. The van der Waals surface area contributed by atoms with Crippen LogP contribution < -0.4 is 20.5 Å². The summed E-state index contributed by atoms with van der Waals surface area (Å²) in [6, 6.07) is 22.2. The predicted octanol–water partition coefficient (Wildman–Crippen LogP) is 2.69. The highest BCUT2D eigenvalue weighted by atomic mass is 35.5. The average Bonchev–Trinajstić information content (AvgIpc) is 2.92. The highest BCUT2D eigenvalue weighted by Gasteiger charge is 2.29. The number of benzene rings is 3. The molecule has 0 unspecified atom stereocenters. The van der Waals surface area contributed by atoms with Crippen molar-refractivity contribution in [2.75, 3.05) is 37.7 Å². The van der Waals surface area contributed by atoms with Gasteiger partial charge in [-0.3, -0.25) is 20.4 Å². The zero-order chi connectivity index (χ0) is 25.5. The molecule has 0 atom stereocenters. The van der Waals surface area contributed by atoms with E-state index < -0.39 is 21.8 Å². The van der Waals surface area contributed by atoms with Crippen molar-refractivity contribution < 1.29 is 22.7 Å². The van der Waals surface area contributed by atoms with E-state index in [-0.39, 0.29) is 17.1 Å². The van der Waals surface area contributed by atoms with Crippen LogP contribution in [0.3, 0.4) is 0 Å². The first-order valence-corrected chi connectivity index (χ1v) is 13.0. The van der Waals surface area contributed by atoms with E-state index in [2.05, 4.69) is 15.8 Å². The quantitative estimate of drug-likeness (QED) is 0.457. The van der Waals surface area contributed by atoms with Gasteiger partial charge < -0.3 is 9.64 Å². The molecule has 1 aliphatic heterocycles. The Bertz CT molecular complexity index is 1330. The highest BCUT2D eigenvalue weighted by Crippen LogP contribution is 2.23. The van der Waals surface area contributed by atoms with Crippen LogP contribution in [-0.2, 0) is 14.8 Å². The molecule has 1 heterocycles. The first kappa shape index (κ1) is 25.5. The lowest BCUT2D eigenvalue weighted by atomic mass is 10.2. The van der Waals surface area contributed by atoms with Gasteiger partial charge in [0.05, 0.1) is 9.92 Å². The lowest BCUT2D eigenvalue weighted by molar-refractivity contribution is -0.123. The van der Waals surface area contributed by atoms with Gasteiger partial charge in [-0.1, -0.05) is 48.0 Å². The largest absolute Gasteiger partial charge is 0.482 e. The van der Waals surface area contributed by atoms with Gasteiger partial charge in [-0.15, -0.1) is 0 Å². The van der Waals surface area contributed by atoms with E-state index in [0.29, 0.717) is 37.0 Å². The van der Waals surface area contributed by atoms with Crippen molar-refractivity contribution in [1.82, 2.24) is 15.2 Å². The number of nitrogens with one attached hydrogen (secondary N) is 2. The minimum atomic E-state index is -3.79. The number of hydrogen-bond acceptors (Lipinski definition) is 6. The Balaban J connectivity index is 1.32. The van der Waals surface area contributed by atoms with Crippen LogP contribution in [0.5, 0.6) is 5.75 Å². The van der Waals surface area contributed by atoms with Gasteiger partial charge in [0.15, 0.2) is 6.61 Å². The standard InChI is InChI=1S/C25H25ClN4O5S/c26-22-11-4-5-12-23(22)35-18-24(31)27-28-25(32)19-7-6-10-21(17-19)36(33,34)30-15-13-29(14-16-30)20-8-2-1-3-9-20/h1-12,17H,13-16,18H2,(H,27,31)(H,28,32). The molecule has 0 bridgehead atoms. The Hall–Kier alpha value is -3.60. The van der Waals surface area contributed by atoms with Crippen LogP contribution in [0.2, 0.25) is 5.02 Å². The van der Waals surface area contributed by atoms with Crippen LogP contribution in [-0.4, -0.2) is 57.3 Å². The molecule has 0 saturated carbocycles. The number of amides is 2. The summed E-state index contributed by atoms with van der Waals surface area (Å²) in [7, 11) is -3.79. The number of halogens is 1. The normalized spacial score (nSPS) is 14.2. The molecule has 188 valence electrons. The van der Waals surface area contributed by atoms with Crippen molar-refractivity contribution in [1.29, 1.82) is 0 Å². The van der Waals surface area contributed by atoms with E-state index in [4.69, 9.17) is 16.3 Å². The Kier molecular flexibility index (Phi) is 8.09. The number of carbonyl (C=O) groups is 2. The molecule has 36 heavy (non-hydrogen) atoms. The van der Waals surface area contributed by atoms with Crippen LogP contribution >= 0.6 is 11.6 Å². The summed E-state index contributed by atoms with van der Waals surface area (Å²) in [4.78, 5) is 26.7. The molecule has 3 aromatic carbocycles. The zero-order valence-corrected chi connectivity index (χ0v) is 20.8. The summed E-state index contributed by atoms with van der Waals surface area (Å²) in [5, 5.41) is 0.355. The Morgan fingerprint density at radius 3 is 2.28 bits per heavy atom. The van der Waals surface area contributed by atoms with Crippen LogP contribution in [0, 0.1) is 0 Å². The van der Waals surface area contributed by atoms with Gasteiger partial charge in [0, 0.05) is 37.4 Å². The predicted molar refractivity (Wildman–Crippen MR) is 136 cm³/mol. The average molecular weight is 529 g/mol. The molecule has 0 radical (unpaired) electrons. The molecule has 1 saturated heterocycles. The fourth-order valence-electron chi connectivity index (χ4n) is 3.71. The van der Waals surface area contributed by atoms with E-state index in [0.717, 1.165) is 5.69 Å². The molecule has 1 fully saturated rings. The lowest BCUT2D eigenvalue weighted by Crippen LogP contribution is -2.48. The molecule has 9 nitrogen and oxygen atoms in total. The summed E-state index contributed by atoms with van der Waals surface area (Å²) < 4.78 is 33.1. The summed E-state index contributed by atoms with van der Waals surface area (Å²) in [5.41, 5.74) is 5.64. The number of sulfonamides is 1. The Morgan fingerprint density at radius 1 is 0.861 bits per heavy atom. The fraction of sp³-hybridized carbons (Fsp3) is 0.200. The summed E-state index contributed by atoms with van der Waals surface area (Å²) in [6.45, 7) is 1.41. The maximum Gasteiger partial charge on any atom is 0.276 e. The number of carbonyl (C=O) groups excluding carboxylic acids is 2. The molecule has 0 aliphatic carbocycles. The third kappa shape index (κ3) is 6.14. The van der Waals surface area contributed by atoms with Crippen LogP contribution in [0.4, 0.5) is 5.69 Å². The zero-order valence-electron chi connectivity index (χ0n) is 19.3. The summed E-state index contributed by atoms with van der Waals surface area (Å²) >= 11 is 5.98. The van der Waals surface area contributed by atoms with Crippen LogP contribution in [0.15, 0.2) is 83.8 Å². The second-order valence-corrected chi connectivity index (χ2v) is 10.3. The molecular weight excluding hydrogens is 504 g/mol. The van der Waals surface area contributed by atoms with Gasteiger partial charge in [0.25, 0.3) is 11.8 Å². The second-order valence-electron chi connectivity index (χ2n) is 7.98. The second kappa shape index (κ2) is 11.4. The third-order valence-corrected chi connectivity index (χ3v) is 7.81. The fourth-order valence-corrected chi connectivity index (χ4v) is 5.37. The number of ether oxygens (including phenoxy) is 1. The number of nitrogens with zero attached hydrogens (tertiary/aromatic N) is 2. The molecule has 3 aromatic rings. The molecule has 0 aromatic heterocycles. The number of hydrogen-bond donors (Lipinski definition) is 2. The molecule has 11 heteroatoms. The van der Waals surface area contributed by atoms with Crippen molar-refractivity contribution in [3.05, 3.63) is 89.4 Å². The smallest absolute Gasteiger partial charge is 0.276 e. The molecule has 2 N–H and O–H groups in total. The Labute approximate surface area is 214 Å². The number of anilines is 1.